The summed E-state index contributed by atoms with van der Waals surface area (Å²) in [6.07, 6.45) is 44.6. The van der Waals surface area contributed by atoms with E-state index >= 15 is 0 Å². The SMILES string of the molecule is CCCC[P+](CC)(CCCC)CCCC.CCCC[P+](CC)(CCCC)CCCC.CCCC[P+](CC)(CCCC)CCCC.[Br-].[Br-].[Br-]. The molecule has 0 saturated heterocycles. The Hall–Kier alpha value is 2.73. The largest absolute Gasteiger partial charge is 1.00 e. The Morgan fingerprint density at radius 3 is 0.375 bits per heavy atom. The first kappa shape index (κ1) is 62.7. The Balaban J connectivity index is -0.000000134. The van der Waals surface area contributed by atoms with Crippen molar-refractivity contribution < 1.29 is 50.9 Å². The molecule has 0 atom stereocenters. The minimum absolute atomic E-state index is 0. The van der Waals surface area contributed by atoms with Gasteiger partial charge in [-0.2, -0.15) is 0 Å². The van der Waals surface area contributed by atoms with Gasteiger partial charge >= 0.3 is 0 Å². The van der Waals surface area contributed by atoms with E-state index in [2.05, 4.69) is 83.1 Å². The normalized spacial score (nSPS) is 11.2. The van der Waals surface area contributed by atoms with E-state index in [4.69, 9.17) is 0 Å². The molecule has 0 bridgehead atoms. The average molecular weight is 934 g/mol. The summed E-state index contributed by atoms with van der Waals surface area (Å²) >= 11 is 0. The highest BCUT2D eigenvalue weighted by molar-refractivity contribution is 7.76. The Bertz CT molecular complexity index is 421. The molecule has 0 saturated carbocycles. The zero-order chi connectivity index (χ0) is 34.7. The van der Waals surface area contributed by atoms with Crippen LogP contribution in [0.5, 0.6) is 0 Å². The third-order valence-electron chi connectivity index (χ3n) is 10.9. The Labute approximate surface area is 343 Å². The maximum atomic E-state index is 2.45. The third-order valence-corrected chi connectivity index (χ3v) is 26.3. The minimum Gasteiger partial charge on any atom is -1.00 e. The van der Waals surface area contributed by atoms with Crippen LogP contribution in [0.25, 0.3) is 0 Å². The van der Waals surface area contributed by atoms with E-state index in [9.17, 15) is 0 Å². The highest BCUT2D eigenvalue weighted by atomic mass is 79.9. The molecule has 0 aromatic heterocycles. The van der Waals surface area contributed by atoms with Crippen molar-refractivity contribution in [3.8, 4) is 0 Å². The predicted molar refractivity (Wildman–Crippen MR) is 230 cm³/mol. The maximum absolute atomic E-state index is 2.45. The summed E-state index contributed by atoms with van der Waals surface area (Å²) in [6, 6.07) is 0. The van der Waals surface area contributed by atoms with Gasteiger partial charge in [-0.15, -0.1) is 0 Å². The van der Waals surface area contributed by atoms with Gasteiger partial charge in [-0.05, 0) is 78.6 Å². The first-order valence-corrected chi connectivity index (χ1v) is 28.9. The number of unbranched alkanes of at least 4 members (excludes halogenated alkanes) is 9. The van der Waals surface area contributed by atoms with Crippen molar-refractivity contribution in [2.24, 2.45) is 0 Å². The highest BCUT2D eigenvalue weighted by Crippen LogP contribution is 2.61. The van der Waals surface area contributed by atoms with Crippen molar-refractivity contribution in [2.75, 3.05) is 73.9 Å². The van der Waals surface area contributed by atoms with Crippen molar-refractivity contribution in [3.05, 3.63) is 0 Å². The van der Waals surface area contributed by atoms with E-state index in [1.54, 1.807) is 55.5 Å². The lowest BCUT2D eigenvalue weighted by atomic mass is 10.4. The zero-order valence-electron chi connectivity index (χ0n) is 35.7. The second kappa shape index (κ2) is 45.9. The molecule has 0 aromatic carbocycles. The molecule has 0 amide bonds. The third kappa shape index (κ3) is 34.5. The monoisotopic (exact) mass is 930 g/mol. The smallest absolute Gasteiger partial charge is 0.0594 e. The van der Waals surface area contributed by atoms with Gasteiger partial charge in [0, 0.05) is 21.8 Å². The lowest BCUT2D eigenvalue weighted by Gasteiger charge is -2.26. The van der Waals surface area contributed by atoms with E-state index < -0.39 is 21.8 Å². The van der Waals surface area contributed by atoms with E-state index in [0.717, 1.165) is 0 Å². The fourth-order valence-corrected chi connectivity index (χ4v) is 20.6. The van der Waals surface area contributed by atoms with E-state index in [1.165, 1.54) is 134 Å². The number of rotatable bonds is 30. The molecule has 48 heavy (non-hydrogen) atoms. The highest BCUT2D eigenvalue weighted by Gasteiger charge is 2.34. The summed E-state index contributed by atoms with van der Waals surface area (Å²) < 4.78 is 0. The molecule has 300 valence electrons. The fraction of sp³-hybridized carbons (Fsp3) is 1.00. The standard InChI is InChI=1S/3C14H32P.3BrH/c3*1-5-9-12-15(8-4,13-10-6-2)14-11-7-3;;;/h3*5-14H2,1-4H3;3*1H/q3*+1;;;/p-3. The van der Waals surface area contributed by atoms with Crippen LogP contribution < -0.4 is 50.9 Å². The first-order chi connectivity index (χ1) is 21.7. The Kier molecular flexibility index (Phi) is 59.9. The van der Waals surface area contributed by atoms with Gasteiger partial charge in [-0.1, -0.05) is 120 Å². The molecular formula is C42H96Br3P3. The summed E-state index contributed by atoms with van der Waals surface area (Å²) in [5.74, 6) is 0. The van der Waals surface area contributed by atoms with Gasteiger partial charge < -0.3 is 50.9 Å². The van der Waals surface area contributed by atoms with Gasteiger partial charge in [0.2, 0.25) is 0 Å². The van der Waals surface area contributed by atoms with Crippen LogP contribution in [-0.2, 0) is 0 Å². The van der Waals surface area contributed by atoms with Gasteiger partial charge in [0.25, 0.3) is 0 Å². The van der Waals surface area contributed by atoms with E-state index in [0.29, 0.717) is 0 Å². The van der Waals surface area contributed by atoms with E-state index in [1.807, 2.05) is 0 Å². The van der Waals surface area contributed by atoms with Gasteiger partial charge in [-0.3, -0.25) is 0 Å². The number of hydrogen-bond acceptors (Lipinski definition) is 0. The summed E-state index contributed by atoms with van der Waals surface area (Å²) in [5.41, 5.74) is 0. The van der Waals surface area contributed by atoms with Crippen LogP contribution in [-0.4, -0.2) is 73.9 Å². The van der Waals surface area contributed by atoms with Gasteiger partial charge in [-0.25, -0.2) is 0 Å². The summed E-state index contributed by atoms with van der Waals surface area (Å²) in [6.45, 7) is 28.4. The van der Waals surface area contributed by atoms with Crippen LogP contribution in [0.1, 0.15) is 199 Å². The second-order valence-corrected chi connectivity index (χ2v) is 28.6. The van der Waals surface area contributed by atoms with Crippen molar-refractivity contribution in [3.63, 3.8) is 0 Å². The van der Waals surface area contributed by atoms with Gasteiger partial charge in [0.05, 0.1) is 73.9 Å². The van der Waals surface area contributed by atoms with Crippen LogP contribution in [0.2, 0.25) is 0 Å². The van der Waals surface area contributed by atoms with Crippen molar-refractivity contribution >= 4 is 21.8 Å². The first-order valence-electron chi connectivity index (χ1n) is 21.3. The lowest BCUT2D eigenvalue weighted by Crippen LogP contribution is -3.00. The molecule has 6 heteroatoms. The molecule has 0 fully saturated rings. The molecule has 0 unspecified atom stereocenters. The molecule has 0 rings (SSSR count). The molecule has 0 nitrogen and oxygen atoms in total. The van der Waals surface area contributed by atoms with E-state index in [-0.39, 0.29) is 50.9 Å². The van der Waals surface area contributed by atoms with Crippen LogP contribution in [0.15, 0.2) is 0 Å². The van der Waals surface area contributed by atoms with Crippen LogP contribution in [0, 0.1) is 0 Å². The van der Waals surface area contributed by atoms with Crippen LogP contribution >= 0.6 is 21.8 Å². The van der Waals surface area contributed by atoms with Crippen LogP contribution in [0.4, 0.5) is 0 Å². The predicted octanol–water partition coefficient (Wildman–Crippen LogP) is 7.28. The maximum Gasteiger partial charge on any atom is 0.0594 e. The van der Waals surface area contributed by atoms with Crippen molar-refractivity contribution in [2.45, 2.75) is 199 Å². The average Bonchev–Trinajstić information content (AvgIpc) is 3.08. The topological polar surface area (TPSA) is 0 Å². The lowest BCUT2D eigenvalue weighted by molar-refractivity contribution is -0.00100. The van der Waals surface area contributed by atoms with Crippen molar-refractivity contribution in [1.82, 2.24) is 0 Å². The Morgan fingerprint density at radius 1 is 0.208 bits per heavy atom. The van der Waals surface area contributed by atoms with Crippen LogP contribution in [0.3, 0.4) is 0 Å². The molecule has 0 aliphatic rings. The molecular weight excluding hydrogens is 837 g/mol. The molecule has 0 N–H and O–H groups in total. The summed E-state index contributed by atoms with van der Waals surface area (Å²) in [4.78, 5) is 0. The molecule has 0 aliphatic heterocycles. The molecule has 0 heterocycles. The summed E-state index contributed by atoms with van der Waals surface area (Å²) in [7, 11) is -1.58. The Morgan fingerprint density at radius 2 is 0.312 bits per heavy atom. The second-order valence-electron chi connectivity index (χ2n) is 14.7. The van der Waals surface area contributed by atoms with Gasteiger partial charge in [0.15, 0.2) is 0 Å². The molecule has 0 aromatic rings. The number of hydrogen-bond donors (Lipinski definition) is 0. The quantitative estimate of drug-likeness (QED) is 0.0666. The molecule has 0 spiro atoms. The fourth-order valence-electron chi connectivity index (χ4n) is 6.87. The number of halogens is 3. The molecule has 0 radical (unpaired) electrons. The van der Waals surface area contributed by atoms with Gasteiger partial charge in [0.1, 0.15) is 0 Å². The van der Waals surface area contributed by atoms with Crippen molar-refractivity contribution in [1.29, 1.82) is 0 Å². The minimum atomic E-state index is -0.527. The zero-order valence-corrected chi connectivity index (χ0v) is 43.1. The summed E-state index contributed by atoms with van der Waals surface area (Å²) in [5, 5.41) is 0. The molecule has 0 aliphatic carbocycles.